The smallest absolute Gasteiger partial charge is 0.159 e. The van der Waals surface area contributed by atoms with E-state index in [-0.39, 0.29) is 0 Å². The Hall–Kier alpha value is -1.06. The zero-order chi connectivity index (χ0) is 10.7. The van der Waals surface area contributed by atoms with Crippen molar-refractivity contribution in [3.8, 4) is 5.82 Å². The Morgan fingerprint density at radius 1 is 1.20 bits per heavy atom. The van der Waals surface area contributed by atoms with Crippen LogP contribution in [0.4, 0.5) is 0 Å². The first kappa shape index (κ1) is 10.5. The summed E-state index contributed by atoms with van der Waals surface area (Å²) in [4.78, 5) is 0. The van der Waals surface area contributed by atoms with Gasteiger partial charge in [0, 0.05) is 18.3 Å². The largest absolute Gasteiger partial charge is 0.307 e. The molecule has 0 aliphatic carbocycles. The van der Waals surface area contributed by atoms with E-state index in [1.54, 1.807) is 6.07 Å². The van der Waals surface area contributed by atoms with Gasteiger partial charge >= 0.3 is 0 Å². The number of hydrogen-bond donors (Lipinski definition) is 0. The number of halogens is 2. The summed E-state index contributed by atoms with van der Waals surface area (Å²) in [5.74, 6) is 1.37. The number of aryl methyl sites for hydroxylation is 1. The standard InChI is InChI=1S/C10H9Cl2N3/c11-5-3-8-4-6-15(7-8)10-2-1-9(12)13-14-10/h1-2,4,6-7H,3,5H2. The Kier molecular flexibility index (Phi) is 3.23. The summed E-state index contributed by atoms with van der Waals surface area (Å²) in [5, 5.41) is 8.14. The van der Waals surface area contributed by atoms with Gasteiger partial charge in [-0.15, -0.1) is 21.8 Å². The summed E-state index contributed by atoms with van der Waals surface area (Å²) in [6, 6.07) is 5.55. The van der Waals surface area contributed by atoms with Crippen molar-refractivity contribution in [2.24, 2.45) is 0 Å². The summed E-state index contributed by atoms with van der Waals surface area (Å²) >= 11 is 11.3. The lowest BCUT2D eigenvalue weighted by molar-refractivity contribution is 0.915. The summed E-state index contributed by atoms with van der Waals surface area (Å²) in [6.45, 7) is 0. The number of nitrogens with zero attached hydrogens (tertiary/aromatic N) is 3. The monoisotopic (exact) mass is 241 g/mol. The van der Waals surface area contributed by atoms with Crippen LogP contribution in [0.5, 0.6) is 0 Å². The van der Waals surface area contributed by atoms with Crippen LogP contribution < -0.4 is 0 Å². The molecule has 2 rings (SSSR count). The zero-order valence-corrected chi connectivity index (χ0v) is 9.41. The molecule has 0 aromatic carbocycles. The zero-order valence-electron chi connectivity index (χ0n) is 7.90. The average Bonchev–Trinajstić information content (AvgIpc) is 2.68. The van der Waals surface area contributed by atoms with Crippen molar-refractivity contribution in [1.29, 1.82) is 0 Å². The Balaban J connectivity index is 2.25. The van der Waals surface area contributed by atoms with Crippen molar-refractivity contribution < 1.29 is 0 Å². The second-order valence-corrected chi connectivity index (χ2v) is 3.85. The van der Waals surface area contributed by atoms with Crippen molar-refractivity contribution in [3.63, 3.8) is 0 Å². The fraction of sp³-hybridized carbons (Fsp3) is 0.200. The van der Waals surface area contributed by atoms with Crippen LogP contribution in [-0.2, 0) is 6.42 Å². The van der Waals surface area contributed by atoms with Crippen molar-refractivity contribution >= 4 is 23.2 Å². The van der Waals surface area contributed by atoms with Gasteiger partial charge in [-0.3, -0.25) is 0 Å². The van der Waals surface area contributed by atoms with E-state index in [0.29, 0.717) is 11.0 Å². The third kappa shape index (κ3) is 2.49. The van der Waals surface area contributed by atoms with E-state index in [1.807, 2.05) is 29.1 Å². The SMILES string of the molecule is ClCCc1ccn(-c2ccc(Cl)nn2)c1. The molecule has 0 spiro atoms. The van der Waals surface area contributed by atoms with Gasteiger partial charge in [-0.25, -0.2) is 0 Å². The van der Waals surface area contributed by atoms with Gasteiger partial charge in [0.05, 0.1) is 0 Å². The molecule has 0 atom stereocenters. The van der Waals surface area contributed by atoms with Crippen LogP contribution >= 0.6 is 23.2 Å². The Bertz CT molecular complexity index is 436. The van der Waals surface area contributed by atoms with E-state index in [2.05, 4.69) is 10.2 Å². The predicted octanol–water partition coefficient (Wildman–Crippen LogP) is 2.70. The highest BCUT2D eigenvalue weighted by molar-refractivity contribution is 6.29. The maximum Gasteiger partial charge on any atom is 0.159 e. The van der Waals surface area contributed by atoms with E-state index in [9.17, 15) is 0 Å². The van der Waals surface area contributed by atoms with Crippen LogP contribution in [0, 0.1) is 0 Å². The van der Waals surface area contributed by atoms with Gasteiger partial charge in [0.25, 0.3) is 0 Å². The molecule has 0 unspecified atom stereocenters. The van der Waals surface area contributed by atoms with Crippen LogP contribution in [0.15, 0.2) is 30.6 Å². The van der Waals surface area contributed by atoms with E-state index in [1.165, 1.54) is 5.56 Å². The molecular formula is C10H9Cl2N3. The molecule has 3 nitrogen and oxygen atoms in total. The van der Waals surface area contributed by atoms with E-state index >= 15 is 0 Å². The van der Waals surface area contributed by atoms with Crippen LogP contribution in [0.3, 0.4) is 0 Å². The predicted molar refractivity (Wildman–Crippen MR) is 60.8 cm³/mol. The molecular weight excluding hydrogens is 233 g/mol. The summed E-state index contributed by atoms with van der Waals surface area (Å²) in [5.41, 5.74) is 1.18. The van der Waals surface area contributed by atoms with Gasteiger partial charge < -0.3 is 4.57 Å². The van der Waals surface area contributed by atoms with Gasteiger partial charge in [0.15, 0.2) is 11.0 Å². The van der Waals surface area contributed by atoms with Crippen LogP contribution in [-0.4, -0.2) is 20.6 Å². The maximum atomic E-state index is 5.66. The molecule has 2 aromatic rings. The molecule has 5 heteroatoms. The second-order valence-electron chi connectivity index (χ2n) is 3.08. The Morgan fingerprint density at radius 3 is 2.73 bits per heavy atom. The average molecular weight is 242 g/mol. The molecule has 0 saturated heterocycles. The van der Waals surface area contributed by atoms with E-state index in [0.717, 1.165) is 12.2 Å². The fourth-order valence-electron chi connectivity index (χ4n) is 1.29. The van der Waals surface area contributed by atoms with Crippen molar-refractivity contribution in [2.45, 2.75) is 6.42 Å². The molecule has 0 saturated carbocycles. The molecule has 2 aromatic heterocycles. The molecule has 0 aliphatic rings. The van der Waals surface area contributed by atoms with Crippen LogP contribution in [0.2, 0.25) is 5.15 Å². The topological polar surface area (TPSA) is 30.7 Å². The molecule has 0 fully saturated rings. The quantitative estimate of drug-likeness (QED) is 0.774. The van der Waals surface area contributed by atoms with Crippen molar-refractivity contribution in [2.75, 3.05) is 5.88 Å². The lowest BCUT2D eigenvalue weighted by atomic mass is 10.3. The number of alkyl halides is 1. The van der Waals surface area contributed by atoms with Crippen LogP contribution in [0.25, 0.3) is 5.82 Å². The second kappa shape index (κ2) is 4.64. The first-order valence-corrected chi connectivity index (χ1v) is 5.43. The Labute approximate surface area is 97.7 Å². The third-order valence-corrected chi connectivity index (χ3v) is 2.41. The van der Waals surface area contributed by atoms with Crippen molar-refractivity contribution in [3.05, 3.63) is 41.3 Å². The summed E-state index contributed by atoms with van der Waals surface area (Å²) in [7, 11) is 0. The fourth-order valence-corrected chi connectivity index (χ4v) is 1.61. The lowest BCUT2D eigenvalue weighted by Gasteiger charge is -1.99. The van der Waals surface area contributed by atoms with E-state index in [4.69, 9.17) is 23.2 Å². The molecule has 0 radical (unpaired) electrons. The summed E-state index contributed by atoms with van der Waals surface area (Å²) in [6.07, 6.45) is 4.77. The molecule has 78 valence electrons. The normalized spacial score (nSPS) is 10.5. The molecule has 0 N–H and O–H groups in total. The Morgan fingerprint density at radius 2 is 2.07 bits per heavy atom. The number of rotatable bonds is 3. The lowest BCUT2D eigenvalue weighted by Crippen LogP contribution is -1.95. The molecule has 2 heterocycles. The first-order chi connectivity index (χ1) is 7.29. The van der Waals surface area contributed by atoms with Gasteiger partial charge in [0.1, 0.15) is 0 Å². The maximum absolute atomic E-state index is 5.66. The highest BCUT2D eigenvalue weighted by Crippen LogP contribution is 2.10. The minimum absolute atomic E-state index is 0.395. The van der Waals surface area contributed by atoms with E-state index < -0.39 is 0 Å². The minimum atomic E-state index is 0.395. The van der Waals surface area contributed by atoms with Gasteiger partial charge in [-0.2, -0.15) is 0 Å². The minimum Gasteiger partial charge on any atom is -0.307 e. The third-order valence-electron chi connectivity index (χ3n) is 2.02. The number of hydrogen-bond acceptors (Lipinski definition) is 2. The van der Waals surface area contributed by atoms with Gasteiger partial charge in [-0.1, -0.05) is 11.6 Å². The molecule has 0 bridgehead atoms. The number of aromatic nitrogens is 3. The summed E-state index contributed by atoms with van der Waals surface area (Å²) < 4.78 is 1.89. The van der Waals surface area contributed by atoms with Crippen molar-refractivity contribution in [1.82, 2.24) is 14.8 Å². The van der Waals surface area contributed by atoms with Gasteiger partial charge in [-0.05, 0) is 30.2 Å². The highest BCUT2D eigenvalue weighted by atomic mass is 35.5. The first-order valence-electron chi connectivity index (χ1n) is 4.52. The highest BCUT2D eigenvalue weighted by Gasteiger charge is 2.00. The van der Waals surface area contributed by atoms with Crippen LogP contribution in [0.1, 0.15) is 5.56 Å². The molecule has 15 heavy (non-hydrogen) atoms. The van der Waals surface area contributed by atoms with Gasteiger partial charge in [0.2, 0.25) is 0 Å². The molecule has 0 aliphatic heterocycles. The molecule has 0 amide bonds.